The van der Waals surface area contributed by atoms with Gasteiger partial charge in [0.25, 0.3) is 0 Å². The van der Waals surface area contributed by atoms with Gasteiger partial charge in [0.1, 0.15) is 5.82 Å². The standard InChI is InChI=1S/C11H11FN2/c12-7-3-1-2-6-10-8(13)4-5-9(10)14-11(6)7/h1-3,8,14H,4-5,13H2. The van der Waals surface area contributed by atoms with Gasteiger partial charge in [0.2, 0.25) is 0 Å². The number of aryl methyl sites for hydroxylation is 1. The molecule has 3 N–H and O–H groups in total. The second-order valence-electron chi connectivity index (χ2n) is 3.82. The number of aromatic nitrogens is 1. The van der Waals surface area contributed by atoms with Crippen molar-refractivity contribution in [2.75, 3.05) is 0 Å². The van der Waals surface area contributed by atoms with Gasteiger partial charge in [0.15, 0.2) is 0 Å². The van der Waals surface area contributed by atoms with E-state index in [-0.39, 0.29) is 11.9 Å². The molecule has 0 radical (unpaired) electrons. The van der Waals surface area contributed by atoms with Gasteiger partial charge in [-0.05, 0) is 24.5 Å². The van der Waals surface area contributed by atoms with Gasteiger partial charge in [0.05, 0.1) is 5.52 Å². The van der Waals surface area contributed by atoms with Crippen molar-refractivity contribution in [2.45, 2.75) is 18.9 Å². The van der Waals surface area contributed by atoms with Crippen LogP contribution in [0.3, 0.4) is 0 Å². The van der Waals surface area contributed by atoms with Crippen molar-refractivity contribution in [3.8, 4) is 0 Å². The molecule has 0 bridgehead atoms. The Balaban J connectivity index is 2.41. The van der Waals surface area contributed by atoms with Crippen LogP contribution < -0.4 is 5.73 Å². The molecular formula is C11H11FN2. The smallest absolute Gasteiger partial charge is 0.147 e. The zero-order chi connectivity index (χ0) is 9.71. The number of halogens is 1. The number of rotatable bonds is 0. The third-order valence-electron chi connectivity index (χ3n) is 2.98. The molecule has 1 aromatic heterocycles. The Kier molecular flexibility index (Phi) is 1.47. The van der Waals surface area contributed by atoms with Crippen LogP contribution in [-0.4, -0.2) is 4.98 Å². The number of hydrogen-bond acceptors (Lipinski definition) is 1. The van der Waals surface area contributed by atoms with E-state index in [4.69, 9.17) is 5.73 Å². The van der Waals surface area contributed by atoms with Gasteiger partial charge in [0, 0.05) is 17.1 Å². The monoisotopic (exact) mass is 190 g/mol. The zero-order valence-corrected chi connectivity index (χ0v) is 7.68. The molecule has 0 aliphatic heterocycles. The lowest BCUT2D eigenvalue weighted by Gasteiger charge is -2.02. The number of nitrogens with two attached hydrogens (primary N) is 1. The Morgan fingerprint density at radius 1 is 1.43 bits per heavy atom. The summed E-state index contributed by atoms with van der Waals surface area (Å²) < 4.78 is 13.4. The van der Waals surface area contributed by atoms with Crippen molar-refractivity contribution >= 4 is 10.9 Å². The first-order valence-corrected chi connectivity index (χ1v) is 4.82. The minimum absolute atomic E-state index is 0.0700. The maximum absolute atomic E-state index is 13.4. The Morgan fingerprint density at radius 3 is 3.14 bits per heavy atom. The van der Waals surface area contributed by atoms with Gasteiger partial charge in [-0.3, -0.25) is 0 Å². The first-order chi connectivity index (χ1) is 6.77. The largest absolute Gasteiger partial charge is 0.356 e. The summed E-state index contributed by atoms with van der Waals surface area (Å²) in [5, 5.41) is 0.949. The van der Waals surface area contributed by atoms with Crippen LogP contribution in [0.25, 0.3) is 10.9 Å². The van der Waals surface area contributed by atoms with E-state index in [1.807, 2.05) is 6.07 Å². The molecule has 0 fully saturated rings. The highest BCUT2D eigenvalue weighted by Crippen LogP contribution is 2.35. The number of benzene rings is 1. The molecule has 2 nitrogen and oxygen atoms in total. The van der Waals surface area contributed by atoms with Gasteiger partial charge in [-0.25, -0.2) is 4.39 Å². The molecule has 0 amide bonds. The second kappa shape index (κ2) is 2.58. The van der Waals surface area contributed by atoms with E-state index in [9.17, 15) is 4.39 Å². The molecule has 0 saturated heterocycles. The van der Waals surface area contributed by atoms with Crippen molar-refractivity contribution in [1.29, 1.82) is 0 Å². The molecule has 72 valence electrons. The molecule has 1 unspecified atom stereocenters. The van der Waals surface area contributed by atoms with Gasteiger partial charge in [-0.1, -0.05) is 12.1 Å². The molecule has 1 aliphatic rings. The zero-order valence-electron chi connectivity index (χ0n) is 7.68. The third kappa shape index (κ3) is 0.876. The SMILES string of the molecule is NC1CCc2[nH]c3c(F)cccc3c21. The molecule has 1 aromatic carbocycles. The predicted molar refractivity (Wildman–Crippen MR) is 53.5 cm³/mol. The normalized spacial score (nSPS) is 20.3. The van der Waals surface area contributed by atoms with E-state index in [0.717, 1.165) is 29.5 Å². The number of nitrogens with one attached hydrogen (secondary N) is 1. The minimum atomic E-state index is -0.191. The summed E-state index contributed by atoms with van der Waals surface area (Å²) in [4.78, 5) is 3.12. The fourth-order valence-corrected chi connectivity index (χ4v) is 2.32. The Bertz CT molecular complexity index is 501. The number of aromatic amines is 1. The first-order valence-electron chi connectivity index (χ1n) is 4.82. The highest BCUT2D eigenvalue weighted by molar-refractivity contribution is 5.86. The summed E-state index contributed by atoms with van der Waals surface area (Å²) in [5.74, 6) is -0.191. The summed E-state index contributed by atoms with van der Waals surface area (Å²) in [6.07, 6.45) is 1.90. The van der Waals surface area contributed by atoms with Crippen LogP contribution in [0.1, 0.15) is 23.7 Å². The van der Waals surface area contributed by atoms with Crippen molar-refractivity contribution in [3.05, 3.63) is 35.3 Å². The molecule has 3 rings (SSSR count). The summed E-state index contributed by atoms with van der Waals surface area (Å²) in [7, 11) is 0. The first kappa shape index (κ1) is 8.00. The summed E-state index contributed by atoms with van der Waals surface area (Å²) in [6, 6.07) is 5.20. The van der Waals surface area contributed by atoms with E-state index >= 15 is 0 Å². The van der Waals surface area contributed by atoms with Crippen LogP contribution in [0.2, 0.25) is 0 Å². The summed E-state index contributed by atoms with van der Waals surface area (Å²) in [6.45, 7) is 0. The third-order valence-corrected chi connectivity index (χ3v) is 2.98. The molecular weight excluding hydrogens is 179 g/mol. The quantitative estimate of drug-likeness (QED) is 0.657. The van der Waals surface area contributed by atoms with Gasteiger partial charge in [-0.15, -0.1) is 0 Å². The average Bonchev–Trinajstić information content (AvgIpc) is 2.68. The van der Waals surface area contributed by atoms with Crippen LogP contribution >= 0.6 is 0 Å². The predicted octanol–water partition coefficient (Wildman–Crippen LogP) is 2.25. The lowest BCUT2D eigenvalue weighted by Crippen LogP contribution is -2.04. The van der Waals surface area contributed by atoms with Crippen molar-refractivity contribution in [3.63, 3.8) is 0 Å². The van der Waals surface area contributed by atoms with Crippen LogP contribution in [-0.2, 0) is 6.42 Å². The fourth-order valence-electron chi connectivity index (χ4n) is 2.32. The maximum atomic E-state index is 13.4. The van der Waals surface area contributed by atoms with Crippen molar-refractivity contribution in [1.82, 2.24) is 4.98 Å². The molecule has 1 atom stereocenters. The minimum Gasteiger partial charge on any atom is -0.356 e. The van der Waals surface area contributed by atoms with E-state index in [2.05, 4.69) is 4.98 Å². The van der Waals surface area contributed by atoms with E-state index in [1.165, 1.54) is 6.07 Å². The molecule has 0 spiro atoms. The van der Waals surface area contributed by atoms with Gasteiger partial charge < -0.3 is 10.7 Å². The summed E-state index contributed by atoms with van der Waals surface area (Å²) in [5.41, 5.74) is 8.79. The second-order valence-corrected chi connectivity index (χ2v) is 3.82. The molecule has 3 heteroatoms. The molecule has 1 aliphatic carbocycles. The summed E-state index contributed by atoms with van der Waals surface area (Å²) >= 11 is 0. The Hall–Kier alpha value is -1.35. The Morgan fingerprint density at radius 2 is 2.29 bits per heavy atom. The lowest BCUT2D eigenvalue weighted by atomic mass is 10.1. The van der Waals surface area contributed by atoms with Crippen LogP contribution in [0.5, 0.6) is 0 Å². The van der Waals surface area contributed by atoms with E-state index in [0.29, 0.717) is 5.52 Å². The molecule has 1 heterocycles. The molecule has 0 saturated carbocycles. The lowest BCUT2D eigenvalue weighted by molar-refractivity contribution is 0.636. The van der Waals surface area contributed by atoms with E-state index in [1.54, 1.807) is 6.07 Å². The Labute approximate surface area is 80.9 Å². The van der Waals surface area contributed by atoms with Crippen molar-refractivity contribution in [2.24, 2.45) is 5.73 Å². The van der Waals surface area contributed by atoms with Crippen LogP contribution in [0, 0.1) is 5.82 Å². The van der Waals surface area contributed by atoms with Crippen LogP contribution in [0.4, 0.5) is 4.39 Å². The van der Waals surface area contributed by atoms with Gasteiger partial charge in [-0.2, -0.15) is 0 Å². The average molecular weight is 190 g/mol. The number of H-pyrrole nitrogens is 1. The highest BCUT2D eigenvalue weighted by atomic mass is 19.1. The van der Waals surface area contributed by atoms with Crippen molar-refractivity contribution < 1.29 is 4.39 Å². The maximum Gasteiger partial charge on any atom is 0.147 e. The molecule has 2 aromatic rings. The van der Waals surface area contributed by atoms with E-state index < -0.39 is 0 Å². The fraction of sp³-hybridized carbons (Fsp3) is 0.273. The van der Waals surface area contributed by atoms with Gasteiger partial charge >= 0.3 is 0 Å². The number of hydrogen-bond donors (Lipinski definition) is 2. The number of para-hydroxylation sites is 1. The highest BCUT2D eigenvalue weighted by Gasteiger charge is 2.24. The van der Waals surface area contributed by atoms with Crippen LogP contribution in [0.15, 0.2) is 18.2 Å². The topological polar surface area (TPSA) is 41.8 Å². The molecule has 14 heavy (non-hydrogen) atoms. The number of fused-ring (bicyclic) bond motifs is 3.